The zero-order chi connectivity index (χ0) is 13.7. The second-order valence-electron chi connectivity index (χ2n) is 4.26. The molecule has 4 heteroatoms. The van der Waals surface area contributed by atoms with E-state index in [1.54, 1.807) is 29.4 Å². The molecule has 0 radical (unpaired) electrons. The first-order valence-corrected chi connectivity index (χ1v) is 6.25. The number of benzene rings is 1. The average molecular weight is 255 g/mol. The van der Waals surface area contributed by atoms with E-state index in [-0.39, 0.29) is 5.78 Å². The van der Waals surface area contributed by atoms with Gasteiger partial charge in [0.05, 0.1) is 0 Å². The van der Waals surface area contributed by atoms with Gasteiger partial charge in [-0.3, -0.25) is 9.36 Å². The van der Waals surface area contributed by atoms with Crippen LogP contribution >= 0.6 is 0 Å². The number of aryl methyl sites for hydroxylation is 1. The number of hydrogen-bond donors (Lipinski definition) is 1. The number of imidazole rings is 1. The van der Waals surface area contributed by atoms with E-state index in [1.165, 1.54) is 0 Å². The highest BCUT2D eigenvalue weighted by atomic mass is 16.1. The van der Waals surface area contributed by atoms with Gasteiger partial charge in [0.2, 0.25) is 0 Å². The molecule has 0 atom stereocenters. The van der Waals surface area contributed by atoms with Crippen molar-refractivity contribution in [3.05, 3.63) is 60.2 Å². The van der Waals surface area contributed by atoms with Gasteiger partial charge in [-0.2, -0.15) is 0 Å². The minimum atomic E-state index is -0.0235. The summed E-state index contributed by atoms with van der Waals surface area (Å²) < 4.78 is 1.79. The Balaban J connectivity index is 2.26. The number of carbonyl (C=O) groups is 1. The normalized spacial score (nSPS) is 11.4. The van der Waals surface area contributed by atoms with Crippen molar-refractivity contribution < 1.29 is 4.79 Å². The molecule has 0 aliphatic carbocycles. The van der Waals surface area contributed by atoms with Crippen LogP contribution in [0.3, 0.4) is 0 Å². The summed E-state index contributed by atoms with van der Waals surface area (Å²) in [6, 6.07) is 7.55. The topological polar surface area (TPSA) is 46.9 Å². The van der Waals surface area contributed by atoms with Crippen molar-refractivity contribution in [2.75, 3.05) is 6.54 Å². The summed E-state index contributed by atoms with van der Waals surface area (Å²) in [6.45, 7) is 4.73. The van der Waals surface area contributed by atoms with E-state index < -0.39 is 0 Å². The molecule has 0 amide bonds. The predicted octanol–water partition coefficient (Wildman–Crippen LogP) is 2.48. The van der Waals surface area contributed by atoms with Crippen LogP contribution in [-0.2, 0) is 0 Å². The predicted molar refractivity (Wildman–Crippen MR) is 75.7 cm³/mol. The highest BCUT2D eigenvalue weighted by molar-refractivity contribution is 6.07. The molecule has 0 aliphatic rings. The Labute approximate surface area is 112 Å². The number of nitrogens with zero attached hydrogens (tertiary/aromatic N) is 2. The Bertz CT molecular complexity index is 568. The molecule has 0 unspecified atom stereocenters. The molecule has 0 saturated heterocycles. The zero-order valence-corrected chi connectivity index (χ0v) is 11.1. The van der Waals surface area contributed by atoms with E-state index in [4.69, 9.17) is 0 Å². The lowest BCUT2D eigenvalue weighted by molar-refractivity contribution is 0.104. The van der Waals surface area contributed by atoms with E-state index in [0.717, 1.165) is 17.9 Å². The van der Waals surface area contributed by atoms with Gasteiger partial charge in [0.1, 0.15) is 12.1 Å². The maximum Gasteiger partial charge on any atom is 0.189 e. The Hall–Kier alpha value is -2.36. The first kappa shape index (κ1) is 13.1. The van der Waals surface area contributed by atoms with Gasteiger partial charge >= 0.3 is 0 Å². The third kappa shape index (κ3) is 3.31. The molecule has 1 N–H and O–H groups in total. The smallest absolute Gasteiger partial charge is 0.189 e. The van der Waals surface area contributed by atoms with Crippen molar-refractivity contribution >= 4 is 11.6 Å². The van der Waals surface area contributed by atoms with Gasteiger partial charge in [0, 0.05) is 30.6 Å². The molecule has 1 aromatic heterocycles. The van der Waals surface area contributed by atoms with Crippen LogP contribution in [0.1, 0.15) is 22.8 Å². The number of aromatic nitrogens is 2. The lowest BCUT2D eigenvalue weighted by Gasteiger charge is -2.09. The molecular formula is C15H17N3O. The second-order valence-corrected chi connectivity index (χ2v) is 4.26. The largest absolute Gasteiger partial charge is 0.371 e. The lowest BCUT2D eigenvalue weighted by Crippen LogP contribution is -2.17. The highest BCUT2D eigenvalue weighted by Crippen LogP contribution is 2.08. The summed E-state index contributed by atoms with van der Waals surface area (Å²) in [5.41, 5.74) is 1.82. The molecule has 0 bridgehead atoms. The van der Waals surface area contributed by atoms with E-state index in [2.05, 4.69) is 10.3 Å². The minimum absolute atomic E-state index is 0.0235. The Morgan fingerprint density at radius 3 is 2.68 bits per heavy atom. The van der Waals surface area contributed by atoms with Crippen LogP contribution in [0.5, 0.6) is 0 Å². The van der Waals surface area contributed by atoms with Gasteiger partial charge in [-0.1, -0.05) is 29.8 Å². The molecule has 2 aromatic rings. The van der Waals surface area contributed by atoms with Gasteiger partial charge in [0.15, 0.2) is 5.78 Å². The number of nitrogens with one attached hydrogen (secondary N) is 1. The Morgan fingerprint density at radius 2 is 2.11 bits per heavy atom. The number of ketones is 1. The average Bonchev–Trinajstić information content (AvgIpc) is 2.92. The molecule has 4 nitrogen and oxygen atoms in total. The molecule has 0 saturated carbocycles. The Morgan fingerprint density at radius 1 is 1.37 bits per heavy atom. The molecule has 0 aliphatic heterocycles. The molecular weight excluding hydrogens is 238 g/mol. The van der Waals surface area contributed by atoms with Crippen molar-refractivity contribution in [3.63, 3.8) is 0 Å². The van der Waals surface area contributed by atoms with Crippen LogP contribution < -0.4 is 5.32 Å². The fraction of sp³-hybridized carbons (Fsp3) is 0.200. The van der Waals surface area contributed by atoms with Crippen LogP contribution in [0.2, 0.25) is 0 Å². The number of allylic oxidation sites excluding steroid dienone is 1. The molecule has 19 heavy (non-hydrogen) atoms. The van der Waals surface area contributed by atoms with Crippen molar-refractivity contribution in [1.29, 1.82) is 0 Å². The molecule has 98 valence electrons. The zero-order valence-electron chi connectivity index (χ0n) is 11.1. The van der Waals surface area contributed by atoms with E-state index in [9.17, 15) is 4.79 Å². The van der Waals surface area contributed by atoms with Crippen molar-refractivity contribution in [1.82, 2.24) is 14.9 Å². The number of hydrogen-bond acceptors (Lipinski definition) is 3. The van der Waals surface area contributed by atoms with Crippen LogP contribution in [0, 0.1) is 6.92 Å². The third-order valence-electron chi connectivity index (χ3n) is 2.74. The van der Waals surface area contributed by atoms with Gasteiger partial charge in [-0.15, -0.1) is 0 Å². The fourth-order valence-electron chi connectivity index (χ4n) is 1.72. The van der Waals surface area contributed by atoms with Gasteiger partial charge in [-0.05, 0) is 13.8 Å². The number of carbonyl (C=O) groups excluding carboxylic acids is 1. The van der Waals surface area contributed by atoms with Crippen molar-refractivity contribution in [2.45, 2.75) is 13.8 Å². The first-order chi connectivity index (χ1) is 9.20. The summed E-state index contributed by atoms with van der Waals surface area (Å²) in [5, 5.41) is 3.16. The quantitative estimate of drug-likeness (QED) is 0.659. The summed E-state index contributed by atoms with van der Waals surface area (Å²) in [4.78, 5) is 16.2. The van der Waals surface area contributed by atoms with Crippen LogP contribution in [0.15, 0.2) is 49.1 Å². The van der Waals surface area contributed by atoms with Crippen LogP contribution in [0.4, 0.5) is 0 Å². The van der Waals surface area contributed by atoms with Crippen molar-refractivity contribution in [2.24, 2.45) is 0 Å². The molecule has 1 aromatic carbocycles. The monoisotopic (exact) mass is 255 g/mol. The van der Waals surface area contributed by atoms with Crippen LogP contribution in [0.25, 0.3) is 5.82 Å². The molecule has 0 spiro atoms. The van der Waals surface area contributed by atoms with Gasteiger partial charge in [0.25, 0.3) is 0 Å². The molecule has 2 rings (SSSR count). The molecule has 1 heterocycles. The standard InChI is InChI=1S/C15H17N3O/c1-3-17-15(18-9-8-16-11-18)10-14(19)13-6-4-12(2)5-7-13/h4-11,17H,3H2,1-2H3/b15-10+. The lowest BCUT2D eigenvalue weighted by atomic mass is 10.1. The maximum atomic E-state index is 12.2. The summed E-state index contributed by atoms with van der Waals surface area (Å²) >= 11 is 0. The van der Waals surface area contributed by atoms with Gasteiger partial charge < -0.3 is 5.32 Å². The number of rotatable bonds is 5. The van der Waals surface area contributed by atoms with Gasteiger partial charge in [-0.25, -0.2) is 4.98 Å². The Kier molecular flexibility index (Phi) is 4.13. The van der Waals surface area contributed by atoms with E-state index in [1.807, 2.05) is 38.1 Å². The van der Waals surface area contributed by atoms with E-state index in [0.29, 0.717) is 5.56 Å². The summed E-state index contributed by atoms with van der Waals surface area (Å²) in [5.74, 6) is 0.704. The fourth-order valence-corrected chi connectivity index (χ4v) is 1.72. The van der Waals surface area contributed by atoms with Crippen LogP contribution in [-0.4, -0.2) is 21.9 Å². The van der Waals surface area contributed by atoms with Crippen molar-refractivity contribution in [3.8, 4) is 0 Å². The van der Waals surface area contributed by atoms with E-state index >= 15 is 0 Å². The minimum Gasteiger partial charge on any atom is -0.371 e. The maximum absolute atomic E-state index is 12.2. The summed E-state index contributed by atoms with van der Waals surface area (Å²) in [7, 11) is 0. The second kappa shape index (κ2) is 6.00. The highest BCUT2D eigenvalue weighted by Gasteiger charge is 2.06. The SMILES string of the molecule is CCN/C(=C\C(=O)c1ccc(C)cc1)n1ccnc1. The third-order valence-corrected chi connectivity index (χ3v) is 2.74. The first-order valence-electron chi connectivity index (χ1n) is 6.25. The molecule has 0 fully saturated rings. The summed E-state index contributed by atoms with van der Waals surface area (Å²) in [6.07, 6.45) is 6.74.